The average molecular weight is 746 g/mol. The Morgan fingerprint density at radius 1 is 0.918 bits per heavy atom. The first-order chi connectivity index (χ1) is 23.1. The van der Waals surface area contributed by atoms with E-state index in [2.05, 4.69) is 17.0 Å². The molecule has 3 aliphatic rings. The molecule has 6 rings (SSSR count). The second-order valence-electron chi connectivity index (χ2n) is 12.4. The van der Waals surface area contributed by atoms with Crippen molar-refractivity contribution in [3.05, 3.63) is 98.8 Å². The van der Waals surface area contributed by atoms with E-state index in [9.17, 15) is 26.4 Å². The molecule has 0 spiro atoms. The number of carbonyl (C=O) groups is 2. The van der Waals surface area contributed by atoms with E-state index in [4.69, 9.17) is 37.8 Å². The number of alkyl halides is 3. The second kappa shape index (κ2) is 15.2. The van der Waals surface area contributed by atoms with E-state index < -0.39 is 39.1 Å². The van der Waals surface area contributed by atoms with Gasteiger partial charge in [0, 0.05) is 16.1 Å². The number of halogens is 6. The number of ether oxygens (including phenoxy) is 1. The number of carboxylic acids is 1. The van der Waals surface area contributed by atoms with Gasteiger partial charge in [-0.25, -0.2) is 22.3 Å². The van der Waals surface area contributed by atoms with Gasteiger partial charge in [0.2, 0.25) is 10.0 Å². The summed E-state index contributed by atoms with van der Waals surface area (Å²) in [6.07, 6.45) is -0.388. The fourth-order valence-corrected chi connectivity index (χ4v) is 7.47. The van der Waals surface area contributed by atoms with Gasteiger partial charge < -0.3 is 9.84 Å². The largest absolute Gasteiger partial charge is 0.493 e. The molecule has 2 saturated carbocycles. The molecular weight excluding hydrogens is 711 g/mol. The van der Waals surface area contributed by atoms with Crippen molar-refractivity contribution in [2.24, 2.45) is 5.92 Å². The molecule has 15 heteroatoms. The molecule has 3 aromatic carbocycles. The molecule has 8 nitrogen and oxygen atoms in total. The van der Waals surface area contributed by atoms with Crippen molar-refractivity contribution in [1.82, 2.24) is 9.62 Å². The van der Waals surface area contributed by atoms with Gasteiger partial charge in [-0.2, -0.15) is 13.2 Å². The van der Waals surface area contributed by atoms with Crippen LogP contribution in [0.15, 0.2) is 60.7 Å². The fraction of sp³-hybridized carbons (Fsp3) is 0.412. The van der Waals surface area contributed by atoms with Crippen LogP contribution >= 0.6 is 23.2 Å². The number of benzene rings is 3. The summed E-state index contributed by atoms with van der Waals surface area (Å²) in [7, 11) is -3.77. The molecular formula is C34H34Cl2F4N2O6S. The minimum absolute atomic E-state index is 0.0160. The number of likely N-dealkylation sites (tertiary alicyclic amines) is 1. The smallest absolute Gasteiger partial charge is 0.490 e. The number of piperidine rings is 1. The Labute approximate surface area is 291 Å². The molecule has 0 atom stereocenters. The lowest BCUT2D eigenvalue weighted by Crippen LogP contribution is -2.38. The predicted molar refractivity (Wildman–Crippen MR) is 176 cm³/mol. The van der Waals surface area contributed by atoms with Crippen LogP contribution in [0.25, 0.3) is 0 Å². The quantitative estimate of drug-likeness (QED) is 0.204. The molecule has 1 heterocycles. The van der Waals surface area contributed by atoms with Crippen LogP contribution < -0.4 is 9.46 Å². The third-order valence-electron chi connectivity index (χ3n) is 8.62. The molecule has 0 radical (unpaired) electrons. The van der Waals surface area contributed by atoms with Gasteiger partial charge in [0.05, 0.1) is 23.5 Å². The van der Waals surface area contributed by atoms with Crippen LogP contribution in [0.1, 0.15) is 77.5 Å². The van der Waals surface area contributed by atoms with Crippen LogP contribution in [0.3, 0.4) is 0 Å². The Balaban J connectivity index is 0.000000606. The van der Waals surface area contributed by atoms with Gasteiger partial charge in [0.1, 0.15) is 11.6 Å². The number of rotatable bonds is 10. The highest BCUT2D eigenvalue weighted by Gasteiger charge is 2.39. The van der Waals surface area contributed by atoms with E-state index in [0.717, 1.165) is 55.5 Å². The molecule has 1 amide bonds. The van der Waals surface area contributed by atoms with Crippen molar-refractivity contribution < 1.29 is 45.4 Å². The van der Waals surface area contributed by atoms with Crippen molar-refractivity contribution in [2.45, 2.75) is 61.9 Å². The topological polar surface area (TPSA) is 113 Å². The SMILES string of the molecule is O=C(NS(=O)(=O)C1CC1)c1cc(C2CC2)c(OCC2CCN(C(c3cccc(Cl)c3)c3cccc(Cl)c3)CC2)cc1F.O=C(O)C(F)(F)F. The monoisotopic (exact) mass is 744 g/mol. The number of nitrogens with one attached hydrogen (secondary N) is 1. The Morgan fingerprint density at radius 3 is 1.94 bits per heavy atom. The zero-order valence-electron chi connectivity index (χ0n) is 26.1. The fourth-order valence-electron chi connectivity index (χ4n) is 5.78. The number of hydrogen-bond acceptors (Lipinski definition) is 6. The number of amides is 1. The highest BCUT2D eigenvalue weighted by molar-refractivity contribution is 7.91. The Kier molecular flexibility index (Phi) is 11.5. The molecule has 2 N–H and O–H groups in total. The third-order valence-corrected chi connectivity index (χ3v) is 10.9. The summed E-state index contributed by atoms with van der Waals surface area (Å²) in [6, 6.07) is 18.6. The highest BCUT2D eigenvalue weighted by Crippen LogP contribution is 2.45. The van der Waals surface area contributed by atoms with Crippen molar-refractivity contribution in [3.63, 3.8) is 0 Å². The summed E-state index contributed by atoms with van der Waals surface area (Å²) < 4.78 is 79.5. The first kappa shape index (κ1) is 36.9. The van der Waals surface area contributed by atoms with Crippen LogP contribution in [0.2, 0.25) is 10.0 Å². The normalized spacial score (nSPS) is 17.3. The third kappa shape index (κ3) is 9.87. The van der Waals surface area contributed by atoms with Crippen LogP contribution in [0.4, 0.5) is 17.6 Å². The zero-order chi connectivity index (χ0) is 35.5. The van der Waals surface area contributed by atoms with Gasteiger partial charge in [-0.15, -0.1) is 0 Å². The van der Waals surface area contributed by atoms with Crippen molar-refractivity contribution in [3.8, 4) is 5.75 Å². The van der Waals surface area contributed by atoms with E-state index >= 15 is 4.39 Å². The zero-order valence-corrected chi connectivity index (χ0v) is 28.4. The van der Waals surface area contributed by atoms with E-state index in [1.165, 1.54) is 12.1 Å². The van der Waals surface area contributed by atoms with Gasteiger partial charge in [-0.3, -0.25) is 9.69 Å². The van der Waals surface area contributed by atoms with Crippen molar-refractivity contribution >= 4 is 45.1 Å². The van der Waals surface area contributed by atoms with Gasteiger partial charge >= 0.3 is 12.1 Å². The number of nitrogens with zero attached hydrogens (tertiary/aromatic N) is 1. The molecule has 3 fully saturated rings. The lowest BCUT2D eigenvalue weighted by molar-refractivity contribution is -0.192. The molecule has 0 aromatic heterocycles. The lowest BCUT2D eigenvalue weighted by Gasteiger charge is -2.38. The predicted octanol–water partition coefficient (Wildman–Crippen LogP) is 7.75. The first-order valence-electron chi connectivity index (χ1n) is 15.7. The van der Waals surface area contributed by atoms with E-state index in [0.29, 0.717) is 35.2 Å². The van der Waals surface area contributed by atoms with Crippen LogP contribution in [-0.4, -0.2) is 61.4 Å². The summed E-state index contributed by atoms with van der Waals surface area (Å²) in [5.74, 6) is -3.55. The summed E-state index contributed by atoms with van der Waals surface area (Å²) in [5.41, 5.74) is 2.73. The minimum Gasteiger partial charge on any atom is -0.493 e. The number of sulfonamides is 1. The molecule has 1 saturated heterocycles. The molecule has 49 heavy (non-hydrogen) atoms. The maximum absolute atomic E-state index is 15.1. The van der Waals surface area contributed by atoms with E-state index in [1.54, 1.807) is 0 Å². The molecule has 0 unspecified atom stereocenters. The van der Waals surface area contributed by atoms with Crippen LogP contribution in [0.5, 0.6) is 5.75 Å². The number of aliphatic carboxylic acids is 1. The molecule has 2 aliphatic carbocycles. The van der Waals surface area contributed by atoms with Crippen molar-refractivity contribution in [1.29, 1.82) is 0 Å². The van der Waals surface area contributed by atoms with Gasteiger partial charge in [0.25, 0.3) is 5.91 Å². The van der Waals surface area contributed by atoms with Gasteiger partial charge in [-0.05, 0) is 110 Å². The minimum atomic E-state index is -5.08. The molecule has 3 aromatic rings. The maximum Gasteiger partial charge on any atom is 0.490 e. The van der Waals surface area contributed by atoms with E-state index in [-0.39, 0.29) is 23.4 Å². The summed E-state index contributed by atoms with van der Waals surface area (Å²) in [6.45, 7) is 2.12. The molecule has 0 bridgehead atoms. The summed E-state index contributed by atoms with van der Waals surface area (Å²) >= 11 is 12.7. The summed E-state index contributed by atoms with van der Waals surface area (Å²) in [4.78, 5) is 24.0. The van der Waals surface area contributed by atoms with Gasteiger partial charge in [0.15, 0.2) is 0 Å². The van der Waals surface area contributed by atoms with Crippen LogP contribution in [0, 0.1) is 11.7 Å². The standard InChI is InChI=1S/C32H33Cl2FN2O4S.C2HF3O2/c33-24-5-1-3-22(15-24)31(23-4-2-6-25(34)16-23)37-13-11-20(12-14-37)19-41-30-18-29(35)28(17-27(30)21-7-8-21)32(38)36-42(39,40)26-9-10-26;3-2(4,5)1(6)7/h1-6,15-18,20-21,26,31H,7-14,19H2,(H,36,38);(H,6,7). The first-order valence-corrected chi connectivity index (χ1v) is 18.0. The number of carbonyl (C=O) groups excluding carboxylic acids is 1. The second-order valence-corrected chi connectivity index (χ2v) is 15.3. The Hall–Kier alpha value is -3.39. The molecule has 264 valence electrons. The molecule has 1 aliphatic heterocycles. The maximum atomic E-state index is 15.1. The van der Waals surface area contributed by atoms with Crippen molar-refractivity contribution in [2.75, 3.05) is 19.7 Å². The average Bonchev–Trinajstić information content (AvgIpc) is 3.94. The summed E-state index contributed by atoms with van der Waals surface area (Å²) in [5, 5.41) is 7.94. The number of carboxylic acid groups (broad SMARTS) is 1. The van der Waals surface area contributed by atoms with Crippen LogP contribution in [-0.2, 0) is 14.8 Å². The number of hydrogen-bond donors (Lipinski definition) is 2. The lowest BCUT2D eigenvalue weighted by atomic mass is 9.91. The van der Waals surface area contributed by atoms with E-state index in [1.807, 2.05) is 41.1 Å². The Bertz CT molecular complexity index is 1750. The highest BCUT2D eigenvalue weighted by atomic mass is 35.5. The Morgan fingerprint density at radius 2 is 1.47 bits per heavy atom. The van der Waals surface area contributed by atoms with Gasteiger partial charge in [-0.1, -0.05) is 47.5 Å².